The van der Waals surface area contributed by atoms with Crippen molar-refractivity contribution in [2.75, 3.05) is 6.61 Å². The van der Waals surface area contributed by atoms with Crippen molar-refractivity contribution in [2.24, 2.45) is 0 Å². The minimum Gasteiger partial charge on any atom is -0.459 e. The number of carbonyl (C=O) groups excluding carboxylic acids is 3. The van der Waals surface area contributed by atoms with Crippen LogP contribution in [0.4, 0.5) is 0 Å². The maximum absolute atomic E-state index is 11.8. The van der Waals surface area contributed by atoms with Crippen molar-refractivity contribution in [3.63, 3.8) is 0 Å². The van der Waals surface area contributed by atoms with Gasteiger partial charge in [0.15, 0.2) is 11.5 Å². The van der Waals surface area contributed by atoms with Gasteiger partial charge in [-0.1, -0.05) is 5.16 Å². The van der Waals surface area contributed by atoms with Crippen LogP contribution in [0.3, 0.4) is 0 Å². The molecule has 9 heteroatoms. The summed E-state index contributed by atoms with van der Waals surface area (Å²) < 4.78 is 9.48. The van der Waals surface area contributed by atoms with Crippen LogP contribution < -0.4 is 10.9 Å². The summed E-state index contributed by atoms with van der Waals surface area (Å²) in [5.41, 5.74) is 4.57. The van der Waals surface area contributed by atoms with E-state index in [1.807, 2.05) is 10.9 Å². The van der Waals surface area contributed by atoms with Gasteiger partial charge >= 0.3 is 11.9 Å². The largest absolute Gasteiger partial charge is 0.459 e. The molecule has 2 N–H and O–H groups in total. The zero-order chi connectivity index (χ0) is 15.9. The number of nitrogens with zero attached hydrogens (tertiary/aromatic N) is 2. The summed E-state index contributed by atoms with van der Waals surface area (Å²) in [5, 5.41) is 3.58. The Labute approximate surface area is 124 Å². The topological polar surface area (TPSA) is 123 Å². The van der Waals surface area contributed by atoms with Gasteiger partial charge in [0.25, 0.3) is 5.91 Å². The third kappa shape index (κ3) is 3.66. The maximum atomic E-state index is 11.8. The molecular weight excluding hydrogens is 292 g/mol. The highest BCUT2D eigenvalue weighted by atomic mass is 16.5. The van der Waals surface area contributed by atoms with Gasteiger partial charge in [0.05, 0.1) is 6.61 Å². The van der Waals surface area contributed by atoms with Gasteiger partial charge in [-0.3, -0.25) is 25.4 Å². The molecule has 0 unspecified atom stereocenters. The minimum absolute atomic E-state index is 0.0543. The predicted molar refractivity (Wildman–Crippen MR) is 72.0 cm³/mol. The monoisotopic (exact) mass is 304 g/mol. The highest BCUT2D eigenvalue weighted by molar-refractivity contribution is 6.32. The summed E-state index contributed by atoms with van der Waals surface area (Å²) in [6.07, 6.45) is 3.13. The fourth-order valence-corrected chi connectivity index (χ4v) is 1.46. The second-order valence-electron chi connectivity index (χ2n) is 3.94. The quantitative estimate of drug-likeness (QED) is 0.467. The van der Waals surface area contributed by atoms with Crippen LogP contribution in [0.25, 0.3) is 11.3 Å². The Morgan fingerprint density at radius 2 is 1.95 bits per heavy atom. The first-order valence-electron chi connectivity index (χ1n) is 6.26. The van der Waals surface area contributed by atoms with E-state index in [2.05, 4.69) is 14.9 Å². The van der Waals surface area contributed by atoms with Crippen LogP contribution in [0, 0.1) is 0 Å². The van der Waals surface area contributed by atoms with Gasteiger partial charge in [-0.25, -0.2) is 4.79 Å². The van der Waals surface area contributed by atoms with E-state index in [9.17, 15) is 14.4 Å². The first-order valence-corrected chi connectivity index (χ1v) is 6.26. The van der Waals surface area contributed by atoms with Crippen LogP contribution in [0.1, 0.15) is 17.4 Å². The molecule has 0 aliphatic heterocycles. The van der Waals surface area contributed by atoms with Crippen LogP contribution in [-0.4, -0.2) is 34.5 Å². The molecular formula is C13H12N4O5. The van der Waals surface area contributed by atoms with E-state index in [1.54, 1.807) is 31.5 Å². The molecule has 0 fully saturated rings. The first kappa shape index (κ1) is 15.2. The second-order valence-corrected chi connectivity index (χ2v) is 3.94. The van der Waals surface area contributed by atoms with E-state index in [0.29, 0.717) is 11.3 Å². The van der Waals surface area contributed by atoms with Gasteiger partial charge in [-0.05, 0) is 19.1 Å². The van der Waals surface area contributed by atoms with E-state index < -0.39 is 17.8 Å². The zero-order valence-corrected chi connectivity index (χ0v) is 11.5. The molecule has 114 valence electrons. The van der Waals surface area contributed by atoms with Crippen LogP contribution in [-0.2, 0) is 14.3 Å². The molecule has 0 bridgehead atoms. The number of esters is 1. The van der Waals surface area contributed by atoms with E-state index in [4.69, 9.17) is 4.52 Å². The van der Waals surface area contributed by atoms with Crippen LogP contribution in [0.5, 0.6) is 0 Å². The van der Waals surface area contributed by atoms with Crippen LogP contribution in [0.2, 0.25) is 0 Å². The number of carbonyl (C=O) groups is 3. The molecule has 2 heterocycles. The SMILES string of the molecule is CCOC(=O)C(=O)NNC(=O)c1cc(-c2ccncc2)on1. The summed E-state index contributed by atoms with van der Waals surface area (Å²) in [5.74, 6) is -2.56. The smallest absolute Gasteiger partial charge is 0.398 e. The Kier molecular flexibility index (Phi) is 4.81. The Hall–Kier alpha value is -3.23. The average molecular weight is 304 g/mol. The number of amides is 2. The maximum Gasteiger partial charge on any atom is 0.398 e. The minimum atomic E-state index is -1.10. The van der Waals surface area contributed by atoms with E-state index in [-0.39, 0.29) is 12.3 Å². The molecule has 0 saturated heterocycles. The molecule has 0 saturated carbocycles. The third-order valence-corrected chi connectivity index (χ3v) is 2.46. The number of pyridine rings is 1. The molecule has 0 atom stereocenters. The Morgan fingerprint density at radius 3 is 2.64 bits per heavy atom. The summed E-state index contributed by atoms with van der Waals surface area (Å²) in [6, 6.07) is 4.76. The Balaban J connectivity index is 1.95. The van der Waals surface area contributed by atoms with Crippen molar-refractivity contribution in [1.82, 2.24) is 21.0 Å². The van der Waals surface area contributed by atoms with Crippen molar-refractivity contribution in [2.45, 2.75) is 6.92 Å². The van der Waals surface area contributed by atoms with Gasteiger partial charge in [0, 0.05) is 24.0 Å². The van der Waals surface area contributed by atoms with Crippen LogP contribution in [0.15, 0.2) is 35.1 Å². The molecule has 2 aromatic heterocycles. The first-order chi connectivity index (χ1) is 10.6. The Bertz CT molecular complexity index is 683. The van der Waals surface area contributed by atoms with Gasteiger partial charge in [-0.15, -0.1) is 0 Å². The number of hydrogen-bond acceptors (Lipinski definition) is 7. The lowest BCUT2D eigenvalue weighted by Crippen LogP contribution is -2.45. The average Bonchev–Trinajstić information content (AvgIpc) is 3.03. The van der Waals surface area contributed by atoms with Crippen molar-refractivity contribution < 1.29 is 23.6 Å². The number of ether oxygens (including phenoxy) is 1. The van der Waals surface area contributed by atoms with E-state index in [1.165, 1.54) is 6.07 Å². The Morgan fingerprint density at radius 1 is 1.23 bits per heavy atom. The predicted octanol–water partition coefficient (Wildman–Crippen LogP) is 0.0607. The lowest BCUT2D eigenvalue weighted by molar-refractivity contribution is -0.154. The highest BCUT2D eigenvalue weighted by Gasteiger charge is 2.18. The number of hydrogen-bond donors (Lipinski definition) is 2. The third-order valence-electron chi connectivity index (χ3n) is 2.46. The zero-order valence-electron chi connectivity index (χ0n) is 11.5. The molecule has 0 aliphatic carbocycles. The molecule has 2 amide bonds. The molecule has 0 aliphatic rings. The number of rotatable bonds is 3. The molecule has 9 nitrogen and oxygen atoms in total. The van der Waals surface area contributed by atoms with Crippen LogP contribution >= 0.6 is 0 Å². The van der Waals surface area contributed by atoms with Crippen molar-refractivity contribution >= 4 is 17.8 Å². The second kappa shape index (κ2) is 6.97. The molecule has 0 radical (unpaired) electrons. The van der Waals surface area contributed by atoms with Gasteiger partial charge in [0.1, 0.15) is 0 Å². The molecule has 0 spiro atoms. The fourth-order valence-electron chi connectivity index (χ4n) is 1.46. The normalized spacial score (nSPS) is 9.86. The summed E-state index contributed by atoms with van der Waals surface area (Å²) >= 11 is 0. The van der Waals surface area contributed by atoms with Crippen molar-refractivity contribution in [1.29, 1.82) is 0 Å². The number of nitrogens with one attached hydrogen (secondary N) is 2. The molecule has 2 aromatic rings. The highest BCUT2D eigenvalue weighted by Crippen LogP contribution is 2.18. The molecule has 0 aromatic carbocycles. The van der Waals surface area contributed by atoms with Gasteiger partial charge in [0.2, 0.25) is 0 Å². The van der Waals surface area contributed by atoms with E-state index in [0.717, 1.165) is 0 Å². The lowest BCUT2D eigenvalue weighted by atomic mass is 10.2. The summed E-state index contributed by atoms with van der Waals surface area (Å²) in [4.78, 5) is 37.9. The van der Waals surface area contributed by atoms with Crippen molar-refractivity contribution in [3.8, 4) is 11.3 Å². The standard InChI is InChI=1S/C13H12N4O5/c1-2-21-13(20)12(19)16-15-11(18)9-7-10(22-17-9)8-3-5-14-6-4-8/h3-7H,2H2,1H3,(H,15,18)(H,16,19). The van der Waals surface area contributed by atoms with Crippen molar-refractivity contribution in [3.05, 3.63) is 36.3 Å². The van der Waals surface area contributed by atoms with E-state index >= 15 is 0 Å². The molecule has 22 heavy (non-hydrogen) atoms. The number of aromatic nitrogens is 2. The fraction of sp³-hybridized carbons (Fsp3) is 0.154. The molecule has 2 rings (SSSR count). The summed E-state index contributed by atoms with van der Waals surface area (Å²) in [6.45, 7) is 1.61. The number of hydrazine groups is 1. The van der Waals surface area contributed by atoms with Gasteiger partial charge in [-0.2, -0.15) is 0 Å². The lowest BCUT2D eigenvalue weighted by Gasteiger charge is -2.04. The van der Waals surface area contributed by atoms with Gasteiger partial charge < -0.3 is 9.26 Å². The summed E-state index contributed by atoms with van der Waals surface area (Å²) in [7, 11) is 0.